The molecule has 74 valence electrons. The molecule has 0 aliphatic carbocycles. The van der Waals surface area contributed by atoms with Gasteiger partial charge in [-0.2, -0.15) is 0 Å². The van der Waals surface area contributed by atoms with E-state index >= 15 is 0 Å². The minimum Gasteiger partial charge on any atom is -0.380 e. The summed E-state index contributed by atoms with van der Waals surface area (Å²) >= 11 is 0. The molecule has 2 N–H and O–H groups in total. The van der Waals surface area contributed by atoms with Gasteiger partial charge in [-0.25, -0.2) is 0 Å². The lowest BCUT2D eigenvalue weighted by molar-refractivity contribution is 0.0940. The van der Waals surface area contributed by atoms with Crippen molar-refractivity contribution < 1.29 is 9.84 Å². The van der Waals surface area contributed by atoms with E-state index in [1.54, 1.807) is 0 Å². The SMILES string of the molecule is CCCOCCNC(O)CCC. The Hall–Kier alpha value is -0.120. The van der Waals surface area contributed by atoms with Crippen molar-refractivity contribution in [2.24, 2.45) is 0 Å². The van der Waals surface area contributed by atoms with Gasteiger partial charge in [0.05, 0.1) is 6.61 Å². The highest BCUT2D eigenvalue weighted by Gasteiger charge is 1.98. The summed E-state index contributed by atoms with van der Waals surface area (Å²) in [5, 5.41) is 12.2. The molecular weight excluding hydrogens is 154 g/mol. The van der Waals surface area contributed by atoms with Gasteiger partial charge in [0.15, 0.2) is 0 Å². The van der Waals surface area contributed by atoms with Crippen molar-refractivity contribution >= 4 is 0 Å². The summed E-state index contributed by atoms with van der Waals surface area (Å²) < 4.78 is 5.24. The quantitative estimate of drug-likeness (QED) is 0.429. The van der Waals surface area contributed by atoms with E-state index in [9.17, 15) is 5.11 Å². The van der Waals surface area contributed by atoms with Crippen molar-refractivity contribution in [3.05, 3.63) is 0 Å². The molecule has 0 bridgehead atoms. The lowest BCUT2D eigenvalue weighted by atomic mass is 10.3. The molecule has 0 aliphatic heterocycles. The van der Waals surface area contributed by atoms with Crippen molar-refractivity contribution in [2.75, 3.05) is 19.8 Å². The molecule has 3 heteroatoms. The van der Waals surface area contributed by atoms with Crippen LogP contribution in [0.4, 0.5) is 0 Å². The van der Waals surface area contributed by atoms with Gasteiger partial charge in [0.1, 0.15) is 6.23 Å². The molecular formula is C9H21NO2. The van der Waals surface area contributed by atoms with Crippen LogP contribution >= 0.6 is 0 Å². The van der Waals surface area contributed by atoms with Crippen molar-refractivity contribution in [1.82, 2.24) is 5.32 Å². The number of nitrogens with one attached hydrogen (secondary N) is 1. The zero-order valence-electron chi connectivity index (χ0n) is 8.18. The molecule has 1 unspecified atom stereocenters. The van der Waals surface area contributed by atoms with Crippen molar-refractivity contribution in [3.8, 4) is 0 Å². The predicted octanol–water partition coefficient (Wildman–Crippen LogP) is 1.12. The number of aliphatic hydroxyl groups excluding tert-OH is 1. The highest BCUT2D eigenvalue weighted by molar-refractivity contribution is 4.51. The summed E-state index contributed by atoms with van der Waals surface area (Å²) in [6, 6.07) is 0. The molecule has 0 radical (unpaired) electrons. The first-order valence-electron chi connectivity index (χ1n) is 4.80. The maximum atomic E-state index is 9.24. The second-order valence-corrected chi connectivity index (χ2v) is 2.87. The van der Waals surface area contributed by atoms with Crippen LogP contribution in [0.5, 0.6) is 0 Å². The van der Waals surface area contributed by atoms with Crippen LogP contribution in [0.2, 0.25) is 0 Å². The number of hydrogen-bond acceptors (Lipinski definition) is 3. The zero-order valence-corrected chi connectivity index (χ0v) is 8.18. The van der Waals surface area contributed by atoms with Crippen LogP contribution in [0.1, 0.15) is 33.1 Å². The van der Waals surface area contributed by atoms with Gasteiger partial charge >= 0.3 is 0 Å². The molecule has 0 aromatic rings. The maximum absolute atomic E-state index is 9.24. The van der Waals surface area contributed by atoms with E-state index in [1.165, 1.54) is 0 Å². The second kappa shape index (κ2) is 8.97. The summed E-state index contributed by atoms with van der Waals surface area (Å²) in [6.07, 6.45) is 2.51. The first kappa shape index (κ1) is 11.9. The summed E-state index contributed by atoms with van der Waals surface area (Å²) in [7, 11) is 0. The van der Waals surface area contributed by atoms with E-state index in [0.29, 0.717) is 6.61 Å². The molecule has 3 nitrogen and oxygen atoms in total. The van der Waals surface area contributed by atoms with Crippen LogP contribution in [-0.2, 0) is 4.74 Å². The van der Waals surface area contributed by atoms with Crippen molar-refractivity contribution in [3.63, 3.8) is 0 Å². The van der Waals surface area contributed by atoms with Gasteiger partial charge < -0.3 is 9.84 Å². The van der Waals surface area contributed by atoms with E-state index in [1.807, 2.05) is 0 Å². The summed E-state index contributed by atoms with van der Waals surface area (Å²) in [5.74, 6) is 0. The molecule has 0 amide bonds. The van der Waals surface area contributed by atoms with Gasteiger partial charge in [-0.3, -0.25) is 5.32 Å². The van der Waals surface area contributed by atoms with Gasteiger partial charge in [-0.05, 0) is 12.8 Å². The lowest BCUT2D eigenvalue weighted by Gasteiger charge is -2.11. The Morgan fingerprint density at radius 3 is 2.58 bits per heavy atom. The Morgan fingerprint density at radius 2 is 2.00 bits per heavy atom. The Bertz CT molecular complexity index is 88.6. The minimum atomic E-state index is -0.361. The average molecular weight is 175 g/mol. The molecule has 12 heavy (non-hydrogen) atoms. The minimum absolute atomic E-state index is 0.361. The molecule has 0 aromatic heterocycles. The van der Waals surface area contributed by atoms with E-state index in [4.69, 9.17) is 4.74 Å². The van der Waals surface area contributed by atoms with Crippen molar-refractivity contribution in [1.29, 1.82) is 0 Å². The molecule has 0 aromatic carbocycles. The van der Waals surface area contributed by atoms with Crippen LogP contribution in [0.15, 0.2) is 0 Å². The lowest BCUT2D eigenvalue weighted by Crippen LogP contribution is -2.31. The van der Waals surface area contributed by atoms with Gasteiger partial charge in [-0.1, -0.05) is 20.3 Å². The van der Waals surface area contributed by atoms with Crippen LogP contribution in [-0.4, -0.2) is 31.1 Å². The van der Waals surface area contributed by atoms with E-state index < -0.39 is 0 Å². The Balaban J connectivity index is 2.97. The van der Waals surface area contributed by atoms with Crippen LogP contribution in [0.3, 0.4) is 0 Å². The van der Waals surface area contributed by atoms with Gasteiger partial charge in [0.2, 0.25) is 0 Å². The van der Waals surface area contributed by atoms with E-state index in [-0.39, 0.29) is 6.23 Å². The van der Waals surface area contributed by atoms with E-state index in [2.05, 4.69) is 19.2 Å². The number of ether oxygens (including phenoxy) is 1. The molecule has 0 fully saturated rings. The molecule has 0 saturated heterocycles. The summed E-state index contributed by atoms with van der Waals surface area (Å²) in [4.78, 5) is 0. The summed E-state index contributed by atoms with van der Waals surface area (Å²) in [5.41, 5.74) is 0. The largest absolute Gasteiger partial charge is 0.380 e. The monoisotopic (exact) mass is 175 g/mol. The molecule has 0 heterocycles. The Morgan fingerprint density at radius 1 is 1.25 bits per heavy atom. The summed E-state index contributed by atoms with van der Waals surface area (Å²) in [6.45, 7) is 6.37. The van der Waals surface area contributed by atoms with Gasteiger partial charge in [0, 0.05) is 13.2 Å². The molecule has 0 spiro atoms. The second-order valence-electron chi connectivity index (χ2n) is 2.87. The normalized spacial score (nSPS) is 13.2. The topological polar surface area (TPSA) is 41.5 Å². The van der Waals surface area contributed by atoms with Gasteiger partial charge in [0.25, 0.3) is 0 Å². The third-order valence-electron chi connectivity index (χ3n) is 1.54. The molecule has 0 rings (SSSR count). The first-order valence-corrected chi connectivity index (χ1v) is 4.80. The third-order valence-corrected chi connectivity index (χ3v) is 1.54. The smallest absolute Gasteiger partial charge is 0.104 e. The number of hydrogen-bond donors (Lipinski definition) is 2. The van der Waals surface area contributed by atoms with Crippen LogP contribution in [0, 0.1) is 0 Å². The van der Waals surface area contributed by atoms with E-state index in [0.717, 1.165) is 32.4 Å². The fourth-order valence-electron chi connectivity index (χ4n) is 0.920. The zero-order chi connectivity index (χ0) is 9.23. The number of aliphatic hydroxyl groups is 1. The third kappa shape index (κ3) is 7.98. The standard InChI is InChI=1S/C9H21NO2/c1-3-5-9(11)10-6-8-12-7-4-2/h9-11H,3-8H2,1-2H3. The molecule has 1 atom stereocenters. The highest BCUT2D eigenvalue weighted by Crippen LogP contribution is 1.90. The van der Waals surface area contributed by atoms with Gasteiger partial charge in [-0.15, -0.1) is 0 Å². The predicted molar refractivity (Wildman–Crippen MR) is 50.0 cm³/mol. The Labute approximate surface area is 75.1 Å². The van der Waals surface area contributed by atoms with Crippen LogP contribution < -0.4 is 5.32 Å². The maximum Gasteiger partial charge on any atom is 0.104 e. The fraction of sp³-hybridized carbons (Fsp3) is 1.00. The average Bonchev–Trinajstić information content (AvgIpc) is 2.05. The molecule has 0 saturated carbocycles. The van der Waals surface area contributed by atoms with Crippen LogP contribution in [0.25, 0.3) is 0 Å². The molecule has 0 aliphatic rings. The Kier molecular flexibility index (Phi) is 8.88. The van der Waals surface area contributed by atoms with Crippen molar-refractivity contribution in [2.45, 2.75) is 39.3 Å². The first-order chi connectivity index (χ1) is 5.81. The highest BCUT2D eigenvalue weighted by atomic mass is 16.5. The number of rotatable bonds is 8. The fourth-order valence-corrected chi connectivity index (χ4v) is 0.920.